The summed E-state index contributed by atoms with van der Waals surface area (Å²) in [6.45, 7) is 0. The number of methoxy groups -OCH3 is 1. The minimum absolute atomic E-state index is 0.0450. The highest BCUT2D eigenvalue weighted by Gasteiger charge is 2.37. The molecule has 1 saturated carbocycles. The third kappa shape index (κ3) is 3.66. The molecule has 2 aromatic carbocycles. The predicted molar refractivity (Wildman–Crippen MR) is 96.4 cm³/mol. The van der Waals surface area contributed by atoms with Gasteiger partial charge in [-0.3, -0.25) is 4.79 Å². The molecule has 1 amide bonds. The van der Waals surface area contributed by atoms with Gasteiger partial charge in [-0.05, 0) is 55.5 Å². The fourth-order valence-corrected chi connectivity index (χ4v) is 3.50. The van der Waals surface area contributed by atoms with Crippen LogP contribution in [0, 0.1) is 11.3 Å². The van der Waals surface area contributed by atoms with Crippen molar-refractivity contribution in [3.05, 3.63) is 65.7 Å². The first-order valence-corrected chi connectivity index (χ1v) is 8.58. The molecule has 1 N–H and O–H groups in total. The fraction of sp³-hybridized carbons (Fsp3) is 0.333. The van der Waals surface area contributed by atoms with Crippen molar-refractivity contribution >= 4 is 5.91 Å². The van der Waals surface area contributed by atoms with E-state index in [2.05, 4.69) is 11.4 Å². The molecule has 4 nitrogen and oxygen atoms in total. The molecule has 1 aliphatic carbocycles. The molecule has 0 spiro atoms. The van der Waals surface area contributed by atoms with Gasteiger partial charge in [0.15, 0.2) is 0 Å². The summed E-state index contributed by atoms with van der Waals surface area (Å²) in [5.74, 6) is 0.725. The molecule has 25 heavy (non-hydrogen) atoms. The summed E-state index contributed by atoms with van der Waals surface area (Å²) in [6, 6.07) is 19.6. The standard InChI is InChI=1S/C21H22N2O2/c1-25-19-9-5-8-17(14-19)21(15-22)12-10-18(11-13-21)23-20(24)16-6-3-2-4-7-16/h2-9,14,18H,10-13H2,1H3,(H,23,24). The topological polar surface area (TPSA) is 62.1 Å². The second-order valence-corrected chi connectivity index (χ2v) is 6.54. The lowest BCUT2D eigenvalue weighted by Crippen LogP contribution is -2.41. The lowest BCUT2D eigenvalue weighted by Gasteiger charge is -2.35. The molecule has 1 aliphatic rings. The van der Waals surface area contributed by atoms with Crippen LogP contribution in [0.5, 0.6) is 5.75 Å². The maximum atomic E-state index is 12.3. The van der Waals surface area contributed by atoms with E-state index in [9.17, 15) is 10.1 Å². The third-order valence-electron chi connectivity index (χ3n) is 5.05. The third-order valence-corrected chi connectivity index (χ3v) is 5.05. The van der Waals surface area contributed by atoms with E-state index in [1.54, 1.807) is 7.11 Å². The highest BCUT2D eigenvalue weighted by molar-refractivity contribution is 5.94. The molecule has 0 atom stereocenters. The van der Waals surface area contributed by atoms with Crippen LogP contribution in [0.4, 0.5) is 0 Å². The molecular formula is C21H22N2O2. The van der Waals surface area contributed by atoms with Crippen LogP contribution < -0.4 is 10.1 Å². The molecule has 0 bridgehead atoms. The first kappa shape index (κ1) is 17.0. The van der Waals surface area contributed by atoms with Crippen molar-refractivity contribution in [1.29, 1.82) is 5.26 Å². The first-order valence-electron chi connectivity index (χ1n) is 8.58. The summed E-state index contributed by atoms with van der Waals surface area (Å²) in [5, 5.41) is 12.9. The first-order chi connectivity index (χ1) is 12.2. The number of hydrogen-bond donors (Lipinski definition) is 1. The molecule has 0 aliphatic heterocycles. The summed E-state index contributed by atoms with van der Waals surface area (Å²) in [6.07, 6.45) is 3.06. The average Bonchev–Trinajstić information content (AvgIpc) is 2.69. The second kappa shape index (κ2) is 7.40. The Bertz CT molecular complexity index is 772. The van der Waals surface area contributed by atoms with E-state index in [4.69, 9.17) is 4.74 Å². The Morgan fingerprint density at radius 1 is 1.16 bits per heavy atom. The van der Waals surface area contributed by atoms with Crippen LogP contribution in [0.1, 0.15) is 41.6 Å². The van der Waals surface area contributed by atoms with Crippen molar-refractivity contribution in [1.82, 2.24) is 5.32 Å². The molecule has 128 valence electrons. The Kier molecular flexibility index (Phi) is 5.04. The van der Waals surface area contributed by atoms with E-state index in [-0.39, 0.29) is 11.9 Å². The van der Waals surface area contributed by atoms with E-state index in [1.807, 2.05) is 54.6 Å². The number of amides is 1. The smallest absolute Gasteiger partial charge is 0.251 e. The largest absolute Gasteiger partial charge is 0.497 e. The van der Waals surface area contributed by atoms with Gasteiger partial charge < -0.3 is 10.1 Å². The van der Waals surface area contributed by atoms with E-state index >= 15 is 0 Å². The van der Waals surface area contributed by atoms with Crippen LogP contribution in [0.2, 0.25) is 0 Å². The van der Waals surface area contributed by atoms with Crippen molar-refractivity contribution in [2.75, 3.05) is 7.11 Å². The lowest BCUT2D eigenvalue weighted by atomic mass is 9.69. The van der Waals surface area contributed by atoms with Crippen LogP contribution in [-0.4, -0.2) is 19.1 Å². The Morgan fingerprint density at radius 3 is 2.52 bits per heavy atom. The molecule has 1 fully saturated rings. The quantitative estimate of drug-likeness (QED) is 0.924. The molecule has 0 heterocycles. The van der Waals surface area contributed by atoms with Crippen molar-refractivity contribution < 1.29 is 9.53 Å². The zero-order valence-electron chi connectivity index (χ0n) is 14.4. The Balaban J connectivity index is 1.67. The highest BCUT2D eigenvalue weighted by Crippen LogP contribution is 2.40. The molecule has 0 saturated heterocycles. The zero-order chi connectivity index (χ0) is 17.7. The number of nitrogens with one attached hydrogen (secondary N) is 1. The van der Waals surface area contributed by atoms with Gasteiger partial charge in [0.05, 0.1) is 18.6 Å². The van der Waals surface area contributed by atoms with Crippen LogP contribution in [0.25, 0.3) is 0 Å². The summed E-state index contributed by atoms with van der Waals surface area (Å²) in [7, 11) is 1.63. The molecule has 3 rings (SSSR count). The minimum Gasteiger partial charge on any atom is -0.497 e. The summed E-state index contributed by atoms with van der Waals surface area (Å²) < 4.78 is 5.29. The Morgan fingerprint density at radius 2 is 1.88 bits per heavy atom. The number of benzene rings is 2. The number of carbonyl (C=O) groups excluding carboxylic acids is 1. The highest BCUT2D eigenvalue weighted by atomic mass is 16.5. The second-order valence-electron chi connectivity index (χ2n) is 6.54. The lowest BCUT2D eigenvalue weighted by molar-refractivity contribution is 0.0922. The van der Waals surface area contributed by atoms with Crippen molar-refractivity contribution in [2.24, 2.45) is 0 Å². The maximum absolute atomic E-state index is 12.3. The van der Waals surface area contributed by atoms with Gasteiger partial charge in [0.1, 0.15) is 5.75 Å². The number of ether oxygens (including phenoxy) is 1. The Labute approximate surface area is 148 Å². The predicted octanol–water partition coefficient (Wildman–Crippen LogP) is 3.83. The fourth-order valence-electron chi connectivity index (χ4n) is 3.50. The van der Waals surface area contributed by atoms with Gasteiger partial charge in [-0.25, -0.2) is 0 Å². The number of carbonyl (C=O) groups is 1. The van der Waals surface area contributed by atoms with E-state index in [0.29, 0.717) is 5.56 Å². The molecule has 0 unspecified atom stereocenters. The van der Waals surface area contributed by atoms with E-state index in [0.717, 1.165) is 37.0 Å². The van der Waals surface area contributed by atoms with Crippen LogP contribution in [-0.2, 0) is 5.41 Å². The summed E-state index contributed by atoms with van der Waals surface area (Å²) in [4.78, 5) is 12.3. The molecule has 2 aromatic rings. The number of rotatable bonds is 4. The number of nitriles is 1. The van der Waals surface area contributed by atoms with Crippen LogP contribution >= 0.6 is 0 Å². The normalized spacial score (nSPS) is 22.6. The molecule has 4 heteroatoms. The van der Waals surface area contributed by atoms with Gasteiger partial charge in [-0.1, -0.05) is 30.3 Å². The van der Waals surface area contributed by atoms with Gasteiger partial charge >= 0.3 is 0 Å². The molecular weight excluding hydrogens is 312 g/mol. The van der Waals surface area contributed by atoms with Gasteiger partial charge in [-0.15, -0.1) is 0 Å². The summed E-state index contributed by atoms with van der Waals surface area (Å²) in [5.41, 5.74) is 1.18. The van der Waals surface area contributed by atoms with Crippen LogP contribution in [0.3, 0.4) is 0 Å². The van der Waals surface area contributed by atoms with Gasteiger partial charge in [0.2, 0.25) is 0 Å². The maximum Gasteiger partial charge on any atom is 0.251 e. The van der Waals surface area contributed by atoms with E-state index in [1.165, 1.54) is 0 Å². The molecule has 0 aromatic heterocycles. The SMILES string of the molecule is COc1cccc(C2(C#N)CCC(NC(=O)c3ccccc3)CC2)c1. The van der Waals surface area contributed by atoms with Gasteiger partial charge in [0.25, 0.3) is 5.91 Å². The van der Waals surface area contributed by atoms with Gasteiger partial charge in [-0.2, -0.15) is 5.26 Å². The minimum atomic E-state index is -0.498. The van der Waals surface area contributed by atoms with Crippen molar-refractivity contribution in [3.8, 4) is 11.8 Å². The van der Waals surface area contributed by atoms with Gasteiger partial charge in [0, 0.05) is 11.6 Å². The van der Waals surface area contributed by atoms with Crippen molar-refractivity contribution in [2.45, 2.75) is 37.1 Å². The van der Waals surface area contributed by atoms with Crippen LogP contribution in [0.15, 0.2) is 54.6 Å². The average molecular weight is 334 g/mol. The Hall–Kier alpha value is -2.80. The number of hydrogen-bond acceptors (Lipinski definition) is 3. The number of nitrogens with zero attached hydrogens (tertiary/aromatic N) is 1. The zero-order valence-corrected chi connectivity index (χ0v) is 14.4. The van der Waals surface area contributed by atoms with Crippen molar-refractivity contribution in [3.63, 3.8) is 0 Å². The summed E-state index contributed by atoms with van der Waals surface area (Å²) >= 11 is 0. The molecule has 0 radical (unpaired) electrons. The van der Waals surface area contributed by atoms with E-state index < -0.39 is 5.41 Å². The monoisotopic (exact) mass is 334 g/mol.